The normalized spacial score (nSPS) is 9.81. The van der Waals surface area contributed by atoms with Crippen molar-refractivity contribution in [2.24, 2.45) is 0 Å². The summed E-state index contributed by atoms with van der Waals surface area (Å²) in [6.45, 7) is 1.88. The van der Waals surface area contributed by atoms with Crippen molar-refractivity contribution >= 4 is 33.2 Å². The van der Waals surface area contributed by atoms with Gasteiger partial charge in [0.1, 0.15) is 6.07 Å². The van der Waals surface area contributed by atoms with Gasteiger partial charge in [0.05, 0.1) is 11.3 Å². The summed E-state index contributed by atoms with van der Waals surface area (Å²) < 4.78 is 0.798. The zero-order chi connectivity index (χ0) is 15.4. The van der Waals surface area contributed by atoms with E-state index in [0.29, 0.717) is 16.8 Å². The van der Waals surface area contributed by atoms with Crippen LogP contribution in [0.25, 0.3) is 0 Å². The van der Waals surface area contributed by atoms with Crippen molar-refractivity contribution < 1.29 is 4.79 Å². The van der Waals surface area contributed by atoms with Gasteiger partial charge in [0, 0.05) is 22.8 Å². The summed E-state index contributed by atoms with van der Waals surface area (Å²) in [5, 5.41) is 14.9. The number of carbonyl (C=O) groups is 1. The van der Waals surface area contributed by atoms with E-state index >= 15 is 0 Å². The van der Waals surface area contributed by atoms with Gasteiger partial charge >= 0.3 is 0 Å². The first-order chi connectivity index (χ1) is 10.0. The summed E-state index contributed by atoms with van der Waals surface area (Å²) in [5.41, 5.74) is 3.33. The van der Waals surface area contributed by atoms with E-state index in [1.54, 1.807) is 24.3 Å². The highest BCUT2D eigenvalue weighted by Crippen LogP contribution is 2.22. The Morgan fingerprint density at radius 1 is 1.24 bits per heavy atom. The van der Waals surface area contributed by atoms with Crippen LogP contribution in [0.5, 0.6) is 0 Å². The fraction of sp³-hybridized carbons (Fsp3) is 0.125. The quantitative estimate of drug-likeness (QED) is 0.887. The highest BCUT2D eigenvalue weighted by Gasteiger charge is 2.12. The molecule has 106 valence electrons. The average Bonchev–Trinajstić information content (AvgIpc) is 2.48. The van der Waals surface area contributed by atoms with Crippen LogP contribution in [0.1, 0.15) is 21.5 Å². The molecule has 0 fully saturated rings. The maximum Gasteiger partial charge on any atom is 0.255 e. The molecule has 0 bridgehead atoms. The molecule has 0 aromatic heterocycles. The molecule has 2 aromatic carbocycles. The number of nitrogens with zero attached hydrogens (tertiary/aromatic N) is 1. The van der Waals surface area contributed by atoms with Gasteiger partial charge in [0.2, 0.25) is 0 Å². The van der Waals surface area contributed by atoms with E-state index in [9.17, 15) is 4.79 Å². The van der Waals surface area contributed by atoms with Crippen molar-refractivity contribution in [2.75, 3.05) is 17.7 Å². The molecule has 1 amide bonds. The Morgan fingerprint density at radius 2 is 2.00 bits per heavy atom. The fourth-order valence-corrected chi connectivity index (χ4v) is 2.34. The fourth-order valence-electron chi connectivity index (χ4n) is 1.98. The van der Waals surface area contributed by atoms with E-state index in [-0.39, 0.29) is 5.91 Å². The lowest BCUT2D eigenvalue weighted by molar-refractivity contribution is 0.102. The first-order valence-electron chi connectivity index (χ1n) is 6.34. The second kappa shape index (κ2) is 6.42. The number of aryl methyl sites for hydroxylation is 1. The minimum Gasteiger partial charge on any atom is -0.388 e. The zero-order valence-corrected chi connectivity index (χ0v) is 13.3. The van der Waals surface area contributed by atoms with Crippen LogP contribution in [0, 0.1) is 18.3 Å². The molecule has 0 aliphatic rings. The van der Waals surface area contributed by atoms with Crippen molar-refractivity contribution in [2.45, 2.75) is 6.92 Å². The average molecular weight is 344 g/mol. The van der Waals surface area contributed by atoms with Crippen LogP contribution in [0.15, 0.2) is 40.9 Å². The number of amides is 1. The summed E-state index contributed by atoms with van der Waals surface area (Å²) >= 11 is 3.30. The minimum absolute atomic E-state index is 0.228. The molecule has 0 unspecified atom stereocenters. The molecule has 0 spiro atoms. The minimum atomic E-state index is -0.228. The molecule has 4 nitrogen and oxygen atoms in total. The Bertz CT molecular complexity index is 735. The molecule has 0 aliphatic carbocycles. The molecule has 0 aliphatic heterocycles. The van der Waals surface area contributed by atoms with Crippen molar-refractivity contribution in [1.82, 2.24) is 0 Å². The van der Waals surface area contributed by atoms with Gasteiger partial charge < -0.3 is 10.6 Å². The number of rotatable bonds is 3. The second-order valence-corrected chi connectivity index (χ2v) is 5.45. The van der Waals surface area contributed by atoms with Crippen molar-refractivity contribution in [3.8, 4) is 6.07 Å². The molecular formula is C16H14BrN3O. The first kappa shape index (κ1) is 15.1. The Morgan fingerprint density at radius 3 is 2.62 bits per heavy atom. The first-order valence-corrected chi connectivity index (χ1v) is 7.14. The van der Waals surface area contributed by atoms with Gasteiger partial charge in [-0.3, -0.25) is 4.79 Å². The van der Waals surface area contributed by atoms with E-state index in [0.717, 1.165) is 15.7 Å². The Balaban J connectivity index is 2.29. The summed E-state index contributed by atoms with van der Waals surface area (Å²) in [5.74, 6) is -0.228. The molecule has 0 saturated carbocycles. The second-order valence-electron chi connectivity index (χ2n) is 4.54. The Hall–Kier alpha value is -2.32. The molecule has 2 N–H and O–H groups in total. The standard InChI is InChI=1S/C16H14BrN3O/c1-10-7-13(19-2)4-5-14(10)16(21)20-15-6-3-12(17)8-11(15)9-18/h3-8,19H,1-2H3,(H,20,21). The predicted octanol–water partition coefficient (Wildman–Crippen LogP) is 3.92. The van der Waals surface area contributed by atoms with Crippen LogP contribution >= 0.6 is 15.9 Å². The van der Waals surface area contributed by atoms with E-state index in [4.69, 9.17) is 5.26 Å². The monoisotopic (exact) mass is 343 g/mol. The summed E-state index contributed by atoms with van der Waals surface area (Å²) in [6, 6.07) is 12.7. The number of hydrogen-bond donors (Lipinski definition) is 2. The lowest BCUT2D eigenvalue weighted by Crippen LogP contribution is -2.14. The Kier molecular flexibility index (Phi) is 4.61. The molecule has 5 heteroatoms. The van der Waals surface area contributed by atoms with Gasteiger partial charge in [0.15, 0.2) is 0 Å². The van der Waals surface area contributed by atoms with Gasteiger partial charge in [-0.2, -0.15) is 5.26 Å². The summed E-state index contributed by atoms with van der Waals surface area (Å²) in [4.78, 5) is 12.3. The molecule has 0 saturated heterocycles. The number of benzene rings is 2. The number of carbonyl (C=O) groups excluding carboxylic acids is 1. The highest BCUT2D eigenvalue weighted by atomic mass is 79.9. The van der Waals surface area contributed by atoms with E-state index in [2.05, 4.69) is 32.6 Å². The topological polar surface area (TPSA) is 64.9 Å². The molecule has 0 radical (unpaired) electrons. The predicted molar refractivity (Wildman–Crippen MR) is 87.5 cm³/mol. The largest absolute Gasteiger partial charge is 0.388 e. The zero-order valence-electron chi connectivity index (χ0n) is 11.7. The molecule has 2 aromatic rings. The van der Waals surface area contributed by atoms with E-state index in [1.165, 1.54) is 0 Å². The van der Waals surface area contributed by atoms with E-state index < -0.39 is 0 Å². The summed E-state index contributed by atoms with van der Waals surface area (Å²) in [7, 11) is 1.83. The third kappa shape index (κ3) is 3.41. The van der Waals surface area contributed by atoms with E-state index in [1.807, 2.05) is 26.1 Å². The maximum absolute atomic E-state index is 12.3. The smallest absolute Gasteiger partial charge is 0.255 e. The van der Waals surface area contributed by atoms with Crippen molar-refractivity contribution in [1.29, 1.82) is 5.26 Å². The molecule has 21 heavy (non-hydrogen) atoms. The summed E-state index contributed by atoms with van der Waals surface area (Å²) in [6.07, 6.45) is 0. The van der Waals surface area contributed by atoms with Gasteiger partial charge in [0.25, 0.3) is 5.91 Å². The van der Waals surface area contributed by atoms with Crippen LogP contribution in [0.2, 0.25) is 0 Å². The van der Waals surface area contributed by atoms with Crippen LogP contribution in [0.4, 0.5) is 11.4 Å². The highest BCUT2D eigenvalue weighted by molar-refractivity contribution is 9.10. The van der Waals surface area contributed by atoms with Crippen LogP contribution in [-0.2, 0) is 0 Å². The van der Waals surface area contributed by atoms with Gasteiger partial charge in [-0.15, -0.1) is 0 Å². The van der Waals surface area contributed by atoms with Crippen LogP contribution in [0.3, 0.4) is 0 Å². The molecule has 2 rings (SSSR count). The third-order valence-corrected chi connectivity index (χ3v) is 3.60. The molecule has 0 atom stereocenters. The maximum atomic E-state index is 12.3. The molecule has 0 heterocycles. The number of hydrogen-bond acceptors (Lipinski definition) is 3. The number of nitriles is 1. The SMILES string of the molecule is CNc1ccc(C(=O)Nc2ccc(Br)cc2C#N)c(C)c1. The Labute approximate surface area is 131 Å². The lowest BCUT2D eigenvalue weighted by atomic mass is 10.1. The van der Waals surface area contributed by atoms with Crippen molar-refractivity contribution in [3.05, 3.63) is 57.6 Å². The lowest BCUT2D eigenvalue weighted by Gasteiger charge is -2.10. The van der Waals surface area contributed by atoms with Gasteiger partial charge in [-0.25, -0.2) is 0 Å². The third-order valence-electron chi connectivity index (χ3n) is 3.11. The number of nitrogens with one attached hydrogen (secondary N) is 2. The van der Waals surface area contributed by atoms with Crippen molar-refractivity contribution in [3.63, 3.8) is 0 Å². The number of anilines is 2. The van der Waals surface area contributed by atoms with Crippen LogP contribution < -0.4 is 10.6 Å². The molecular weight excluding hydrogens is 330 g/mol. The van der Waals surface area contributed by atoms with Crippen LogP contribution in [-0.4, -0.2) is 13.0 Å². The van der Waals surface area contributed by atoms with Gasteiger partial charge in [-0.05, 0) is 48.9 Å². The van der Waals surface area contributed by atoms with Gasteiger partial charge in [-0.1, -0.05) is 15.9 Å². The number of halogens is 1.